The number of anilines is 2. The van der Waals surface area contributed by atoms with Crippen molar-refractivity contribution in [2.75, 3.05) is 32.0 Å². The fraction of sp³-hybridized carbons (Fsp3) is 0.250. The first-order chi connectivity index (χ1) is 17.0. The van der Waals surface area contributed by atoms with Crippen LogP contribution in [0.3, 0.4) is 0 Å². The number of carbonyl (C=O) groups is 1. The minimum absolute atomic E-state index is 0.00655. The summed E-state index contributed by atoms with van der Waals surface area (Å²) in [5, 5.41) is 6.98. The zero-order chi connectivity index (χ0) is 24.5. The first-order valence-corrected chi connectivity index (χ1v) is 11.5. The highest BCUT2D eigenvalue weighted by Crippen LogP contribution is 2.47. The number of Topliss-reactive ketones (excluding diaryl/α,β-unsaturated/α-hetero) is 1. The molecule has 0 unspecified atom stereocenters. The van der Waals surface area contributed by atoms with Gasteiger partial charge in [0.25, 0.3) is 0 Å². The van der Waals surface area contributed by atoms with Crippen molar-refractivity contribution >= 4 is 17.2 Å². The van der Waals surface area contributed by atoms with E-state index in [1.165, 1.54) is 12.1 Å². The summed E-state index contributed by atoms with van der Waals surface area (Å²) in [6, 6.07) is 17.5. The molecule has 0 radical (unpaired) electrons. The van der Waals surface area contributed by atoms with Gasteiger partial charge in [0.05, 0.1) is 38.7 Å². The summed E-state index contributed by atoms with van der Waals surface area (Å²) in [5.41, 5.74) is 4.82. The Morgan fingerprint density at radius 1 is 0.829 bits per heavy atom. The predicted octanol–water partition coefficient (Wildman–Crippen LogP) is 5.83. The molecule has 2 atom stereocenters. The molecule has 5 rings (SSSR count). The van der Waals surface area contributed by atoms with Crippen LogP contribution in [-0.2, 0) is 4.79 Å². The molecule has 2 aliphatic rings. The molecule has 0 saturated heterocycles. The third-order valence-corrected chi connectivity index (χ3v) is 6.65. The molecule has 3 aromatic carbocycles. The van der Waals surface area contributed by atoms with Gasteiger partial charge < -0.3 is 24.8 Å². The number of methoxy groups -OCH3 is 3. The van der Waals surface area contributed by atoms with Crippen LogP contribution in [0.1, 0.15) is 35.9 Å². The van der Waals surface area contributed by atoms with Crippen molar-refractivity contribution in [2.45, 2.75) is 24.8 Å². The summed E-state index contributed by atoms with van der Waals surface area (Å²) in [4.78, 5) is 13.7. The minimum atomic E-state index is -0.467. The Balaban J connectivity index is 1.60. The van der Waals surface area contributed by atoms with Gasteiger partial charge in [0.2, 0.25) is 5.75 Å². The van der Waals surface area contributed by atoms with Crippen molar-refractivity contribution in [1.82, 2.24) is 0 Å². The molecule has 0 spiro atoms. The van der Waals surface area contributed by atoms with Gasteiger partial charge in [-0.2, -0.15) is 0 Å². The monoisotopic (exact) mass is 474 g/mol. The Morgan fingerprint density at radius 3 is 2.20 bits per heavy atom. The molecule has 2 N–H and O–H groups in total. The maximum Gasteiger partial charge on any atom is 0.203 e. The lowest BCUT2D eigenvalue weighted by Crippen LogP contribution is -2.27. The van der Waals surface area contributed by atoms with Crippen LogP contribution in [0.2, 0.25) is 0 Å². The van der Waals surface area contributed by atoms with Crippen LogP contribution in [0, 0.1) is 5.82 Å². The summed E-state index contributed by atoms with van der Waals surface area (Å²) in [6.45, 7) is 0. The Hall–Kier alpha value is -4.00. The standard InChI is InChI=1S/C28H27FN2O4/c1-33-24-14-18(15-25(34-2)28(24)35-3)17-12-22-26(23(32)13-17)27(16-7-6-8-19(29)11-16)31-21-10-5-4-9-20(21)30-22/h4-11,14-15,17,27,30-31H,12-13H2,1-3H3/t17-,27-/m0/s1. The number of nitrogens with one attached hydrogen (secondary N) is 2. The van der Waals surface area contributed by atoms with Crippen molar-refractivity contribution in [2.24, 2.45) is 0 Å². The quantitative estimate of drug-likeness (QED) is 0.485. The maximum atomic E-state index is 14.2. The van der Waals surface area contributed by atoms with Gasteiger partial charge in [-0.15, -0.1) is 0 Å². The number of ether oxygens (including phenoxy) is 3. The summed E-state index contributed by atoms with van der Waals surface area (Å²) in [7, 11) is 4.72. The Labute approximate surface area is 203 Å². The number of hydrogen-bond acceptors (Lipinski definition) is 6. The van der Waals surface area contributed by atoms with Gasteiger partial charge in [0.15, 0.2) is 17.3 Å². The van der Waals surface area contributed by atoms with Gasteiger partial charge in [0.1, 0.15) is 5.82 Å². The maximum absolute atomic E-state index is 14.2. The van der Waals surface area contributed by atoms with Gasteiger partial charge in [-0.05, 0) is 59.9 Å². The fourth-order valence-electron chi connectivity index (χ4n) is 5.00. The van der Waals surface area contributed by atoms with Gasteiger partial charge in [-0.3, -0.25) is 4.79 Å². The normalized spacial score (nSPS) is 19.0. The first kappa shape index (κ1) is 22.8. The van der Waals surface area contributed by atoms with Gasteiger partial charge in [0, 0.05) is 17.7 Å². The smallest absolute Gasteiger partial charge is 0.203 e. The van der Waals surface area contributed by atoms with Crippen LogP contribution in [-0.4, -0.2) is 27.1 Å². The Kier molecular flexibility index (Phi) is 6.07. The van der Waals surface area contributed by atoms with E-state index < -0.39 is 6.04 Å². The molecule has 35 heavy (non-hydrogen) atoms. The topological polar surface area (TPSA) is 68.8 Å². The highest BCUT2D eigenvalue weighted by molar-refractivity contribution is 6.01. The number of rotatable bonds is 5. The lowest BCUT2D eigenvalue weighted by Gasteiger charge is -2.30. The van der Waals surface area contributed by atoms with Gasteiger partial charge >= 0.3 is 0 Å². The van der Waals surface area contributed by atoms with E-state index >= 15 is 0 Å². The largest absolute Gasteiger partial charge is 0.493 e. The number of allylic oxidation sites excluding steroid dienone is 1. The third kappa shape index (κ3) is 4.18. The van der Waals surface area contributed by atoms with E-state index in [2.05, 4.69) is 10.6 Å². The summed E-state index contributed by atoms with van der Waals surface area (Å²) in [5.74, 6) is 1.18. The number of carbonyl (C=O) groups excluding carboxylic acids is 1. The number of fused-ring (bicyclic) bond motifs is 1. The minimum Gasteiger partial charge on any atom is -0.493 e. The van der Waals surface area contributed by atoms with E-state index in [0.717, 1.165) is 22.6 Å². The molecule has 0 saturated carbocycles. The van der Waals surface area contributed by atoms with Gasteiger partial charge in [-0.25, -0.2) is 4.39 Å². The van der Waals surface area contributed by atoms with E-state index in [4.69, 9.17) is 14.2 Å². The van der Waals surface area contributed by atoms with E-state index in [1.54, 1.807) is 27.4 Å². The van der Waals surface area contributed by atoms with Crippen LogP contribution in [0.4, 0.5) is 15.8 Å². The van der Waals surface area contributed by atoms with Gasteiger partial charge in [-0.1, -0.05) is 24.3 Å². The summed E-state index contributed by atoms with van der Waals surface area (Å²) in [6.07, 6.45) is 0.907. The van der Waals surface area contributed by atoms with Crippen molar-refractivity contribution in [1.29, 1.82) is 0 Å². The molecule has 6 nitrogen and oxygen atoms in total. The Bertz CT molecular complexity index is 1290. The van der Waals surface area contributed by atoms with E-state index in [-0.39, 0.29) is 17.5 Å². The van der Waals surface area contributed by atoms with Crippen molar-refractivity contribution in [3.8, 4) is 17.2 Å². The fourth-order valence-corrected chi connectivity index (χ4v) is 5.00. The zero-order valence-electron chi connectivity index (χ0n) is 19.9. The molecular weight excluding hydrogens is 447 g/mol. The third-order valence-electron chi connectivity index (χ3n) is 6.65. The molecule has 1 heterocycles. The average Bonchev–Trinajstić information content (AvgIpc) is 3.04. The highest BCUT2D eigenvalue weighted by Gasteiger charge is 2.36. The SMILES string of the molecule is COc1cc([C@@H]2CC(=O)C3=C(C2)Nc2ccccc2N[C@H]3c2cccc(F)c2)cc(OC)c1OC. The summed E-state index contributed by atoms with van der Waals surface area (Å²) < 4.78 is 30.7. The van der Waals surface area contributed by atoms with E-state index in [0.29, 0.717) is 41.2 Å². The molecule has 1 aliphatic heterocycles. The highest BCUT2D eigenvalue weighted by atomic mass is 19.1. The van der Waals surface area contributed by atoms with Crippen LogP contribution in [0.15, 0.2) is 71.9 Å². The van der Waals surface area contributed by atoms with Crippen LogP contribution < -0.4 is 24.8 Å². The molecule has 3 aromatic rings. The van der Waals surface area contributed by atoms with Crippen LogP contribution >= 0.6 is 0 Å². The molecule has 0 bridgehead atoms. The van der Waals surface area contributed by atoms with E-state index in [1.807, 2.05) is 42.5 Å². The lowest BCUT2D eigenvalue weighted by molar-refractivity contribution is -0.116. The predicted molar refractivity (Wildman–Crippen MR) is 133 cm³/mol. The molecule has 1 aliphatic carbocycles. The molecule has 0 fully saturated rings. The number of para-hydroxylation sites is 2. The molecule has 180 valence electrons. The van der Waals surface area contributed by atoms with Crippen molar-refractivity contribution in [3.05, 3.63) is 88.9 Å². The zero-order valence-corrected chi connectivity index (χ0v) is 19.9. The number of halogens is 1. The average molecular weight is 475 g/mol. The van der Waals surface area contributed by atoms with Crippen LogP contribution in [0.25, 0.3) is 0 Å². The molecule has 7 heteroatoms. The Morgan fingerprint density at radius 2 is 1.54 bits per heavy atom. The number of benzene rings is 3. The molecular formula is C28H27FN2O4. The lowest BCUT2D eigenvalue weighted by atomic mass is 9.78. The second-order valence-electron chi connectivity index (χ2n) is 8.68. The number of hydrogen-bond donors (Lipinski definition) is 2. The molecule has 0 aromatic heterocycles. The van der Waals surface area contributed by atoms with Crippen molar-refractivity contribution in [3.63, 3.8) is 0 Å². The molecule has 0 amide bonds. The number of ketones is 1. The van der Waals surface area contributed by atoms with E-state index in [9.17, 15) is 9.18 Å². The van der Waals surface area contributed by atoms with Crippen molar-refractivity contribution < 1.29 is 23.4 Å². The van der Waals surface area contributed by atoms with Crippen LogP contribution in [0.5, 0.6) is 17.2 Å². The first-order valence-electron chi connectivity index (χ1n) is 11.5. The second-order valence-corrected chi connectivity index (χ2v) is 8.68. The second kappa shape index (κ2) is 9.33. The summed E-state index contributed by atoms with van der Waals surface area (Å²) >= 11 is 0.